The van der Waals surface area contributed by atoms with Crippen molar-refractivity contribution >= 4 is 44.7 Å². The van der Waals surface area contributed by atoms with Gasteiger partial charge < -0.3 is 14.8 Å². The molecule has 0 aliphatic heterocycles. The third kappa shape index (κ3) is 5.72. The molecule has 202 valence electrons. The Kier molecular flexibility index (Phi) is 7.36. The normalized spacial score (nSPS) is 11.3. The Bertz CT molecular complexity index is 1660. The first-order chi connectivity index (χ1) is 18.4. The predicted molar refractivity (Wildman–Crippen MR) is 134 cm³/mol. The maximum absolute atomic E-state index is 13.5. The number of carbonyl (C=O) groups is 2. The highest BCUT2D eigenvalue weighted by Crippen LogP contribution is 2.32. The van der Waals surface area contributed by atoms with Gasteiger partial charge in [0.2, 0.25) is 0 Å². The van der Waals surface area contributed by atoms with Crippen LogP contribution >= 0.6 is 11.3 Å². The number of hydrogen-bond donors (Lipinski definition) is 1. The molecule has 2 aromatic carbocycles. The van der Waals surface area contributed by atoms with Crippen LogP contribution < -0.4 is 15.6 Å². The van der Waals surface area contributed by atoms with Crippen molar-refractivity contribution in [2.24, 2.45) is 0 Å². The van der Waals surface area contributed by atoms with Crippen molar-refractivity contribution in [3.8, 4) is 11.4 Å². The lowest BCUT2D eigenvalue weighted by molar-refractivity contribution is -0.385. The molecule has 0 aliphatic rings. The summed E-state index contributed by atoms with van der Waals surface area (Å²) >= 11 is 0.904. The summed E-state index contributed by atoms with van der Waals surface area (Å²) in [5, 5.41) is 19.3. The van der Waals surface area contributed by atoms with E-state index < -0.39 is 34.5 Å². The second-order valence-corrected chi connectivity index (χ2v) is 8.77. The number of nitro groups is 1. The van der Waals surface area contributed by atoms with Crippen molar-refractivity contribution in [3.63, 3.8) is 0 Å². The first-order valence-corrected chi connectivity index (χ1v) is 11.9. The number of nitrogens with one attached hydrogen (secondary N) is 1. The fraction of sp³-hybridized carbons (Fsp3) is 0.167. The average molecular weight is 562 g/mol. The highest BCUT2D eigenvalue weighted by molar-refractivity contribution is 7.16. The van der Waals surface area contributed by atoms with Crippen molar-refractivity contribution < 1.29 is 37.2 Å². The van der Waals surface area contributed by atoms with Crippen LogP contribution in [0.25, 0.3) is 16.5 Å². The molecule has 4 rings (SSSR count). The number of alkyl halides is 3. The summed E-state index contributed by atoms with van der Waals surface area (Å²) < 4.78 is 47.2. The molecule has 0 aliphatic carbocycles. The quantitative estimate of drug-likeness (QED) is 0.189. The highest BCUT2D eigenvalue weighted by Gasteiger charge is 2.31. The van der Waals surface area contributed by atoms with Crippen LogP contribution in [0.1, 0.15) is 33.3 Å². The summed E-state index contributed by atoms with van der Waals surface area (Å²) in [6, 6.07) is 8.06. The summed E-state index contributed by atoms with van der Waals surface area (Å²) in [6.07, 6.45) is -4.92. The van der Waals surface area contributed by atoms with Crippen LogP contribution in [0.2, 0.25) is 0 Å². The van der Waals surface area contributed by atoms with Gasteiger partial charge in [-0.15, -0.1) is 24.5 Å². The number of amides is 1. The van der Waals surface area contributed by atoms with Gasteiger partial charge in [0, 0.05) is 28.0 Å². The summed E-state index contributed by atoms with van der Waals surface area (Å²) in [5.41, 5.74) is -1.04. The monoisotopic (exact) mass is 562 g/mol. The molecular weight excluding hydrogens is 545 g/mol. The Morgan fingerprint density at radius 2 is 1.87 bits per heavy atom. The molecule has 39 heavy (non-hydrogen) atoms. The number of nitrogens with zero attached hydrogens (tertiary/aromatic N) is 3. The van der Waals surface area contributed by atoms with Crippen molar-refractivity contribution in [2.75, 3.05) is 11.9 Å². The Labute approximate surface area is 220 Å². The average Bonchev–Trinajstić information content (AvgIpc) is 3.28. The van der Waals surface area contributed by atoms with Crippen LogP contribution in [-0.4, -0.2) is 39.5 Å². The second kappa shape index (κ2) is 10.5. The topological polar surface area (TPSA) is 143 Å². The number of esters is 1. The molecule has 0 atom stereocenters. The van der Waals surface area contributed by atoms with E-state index in [-0.39, 0.29) is 45.0 Å². The summed E-state index contributed by atoms with van der Waals surface area (Å²) in [6.45, 7) is 3.07. The Morgan fingerprint density at radius 1 is 1.18 bits per heavy atom. The standard InChI is InChI=1S/C24H17F3N4O7S/c1-3-37-23(34)19-16-11-39-21(28-20(32)13-5-4-12(2)17(10-13)31(35)36)18(16)22(33)30(29-19)14-6-8-15(9-7-14)38-24(25,26)27/h4-11H,3H2,1-2H3,(H,28,32). The van der Waals surface area contributed by atoms with Crippen molar-refractivity contribution in [2.45, 2.75) is 20.2 Å². The van der Waals surface area contributed by atoms with E-state index in [1.165, 1.54) is 24.4 Å². The van der Waals surface area contributed by atoms with E-state index in [1.807, 2.05) is 0 Å². The molecule has 1 N–H and O–H groups in total. The molecule has 0 bridgehead atoms. The number of rotatable bonds is 7. The zero-order valence-electron chi connectivity index (χ0n) is 20.1. The lowest BCUT2D eigenvalue weighted by Gasteiger charge is -2.12. The smallest absolute Gasteiger partial charge is 0.461 e. The number of fused-ring (bicyclic) bond motifs is 1. The molecule has 0 saturated heterocycles. The van der Waals surface area contributed by atoms with Gasteiger partial charge in [-0.25, -0.2) is 4.79 Å². The van der Waals surface area contributed by atoms with Gasteiger partial charge in [-0.2, -0.15) is 9.78 Å². The number of benzene rings is 2. The third-order valence-corrected chi connectivity index (χ3v) is 6.23. The molecule has 0 radical (unpaired) electrons. The predicted octanol–water partition coefficient (Wildman–Crippen LogP) is 4.99. The van der Waals surface area contributed by atoms with Crippen LogP contribution in [0, 0.1) is 17.0 Å². The molecule has 1 amide bonds. The first-order valence-electron chi connectivity index (χ1n) is 11.0. The van der Waals surface area contributed by atoms with Gasteiger partial charge in [-0.05, 0) is 44.2 Å². The van der Waals surface area contributed by atoms with Gasteiger partial charge in [0.05, 0.1) is 22.6 Å². The Balaban J connectivity index is 1.81. The third-order valence-electron chi connectivity index (χ3n) is 5.33. The molecule has 0 spiro atoms. The van der Waals surface area contributed by atoms with E-state index in [2.05, 4.69) is 15.2 Å². The van der Waals surface area contributed by atoms with Crippen LogP contribution in [0.3, 0.4) is 0 Å². The fourth-order valence-electron chi connectivity index (χ4n) is 3.58. The molecule has 0 unspecified atom stereocenters. The van der Waals surface area contributed by atoms with E-state index in [1.54, 1.807) is 6.92 Å². The number of aromatic nitrogens is 2. The number of carbonyl (C=O) groups excluding carboxylic acids is 2. The van der Waals surface area contributed by atoms with E-state index in [9.17, 15) is 37.7 Å². The summed E-state index contributed by atoms with van der Waals surface area (Å²) in [5.74, 6) is -2.17. The Hall–Kier alpha value is -4.79. The number of hydrogen-bond acceptors (Lipinski definition) is 9. The zero-order chi connectivity index (χ0) is 28.5. The minimum atomic E-state index is -4.92. The molecule has 0 fully saturated rings. The lowest BCUT2D eigenvalue weighted by Crippen LogP contribution is -2.25. The SMILES string of the molecule is CCOC(=O)c1nn(-c2ccc(OC(F)(F)F)cc2)c(=O)c2c(NC(=O)c3ccc(C)c([N+](=O)[O-])c3)scc12. The maximum atomic E-state index is 13.5. The van der Waals surface area contributed by atoms with Gasteiger partial charge in [-0.1, -0.05) is 6.07 Å². The summed E-state index contributed by atoms with van der Waals surface area (Å²) in [7, 11) is 0. The highest BCUT2D eigenvalue weighted by atomic mass is 32.1. The maximum Gasteiger partial charge on any atom is 0.573 e. The molecule has 2 aromatic heterocycles. The van der Waals surface area contributed by atoms with Crippen molar-refractivity contribution in [1.29, 1.82) is 0 Å². The van der Waals surface area contributed by atoms with Gasteiger partial charge in [0.1, 0.15) is 10.8 Å². The van der Waals surface area contributed by atoms with E-state index in [0.29, 0.717) is 5.56 Å². The molecule has 4 aromatic rings. The lowest BCUT2D eigenvalue weighted by atomic mass is 10.1. The van der Waals surface area contributed by atoms with Crippen LogP contribution in [0.4, 0.5) is 23.9 Å². The van der Waals surface area contributed by atoms with Crippen molar-refractivity contribution in [3.05, 3.63) is 85.1 Å². The molecule has 15 heteroatoms. The van der Waals surface area contributed by atoms with Crippen LogP contribution in [0.15, 0.2) is 52.6 Å². The second-order valence-electron chi connectivity index (χ2n) is 7.89. The van der Waals surface area contributed by atoms with Crippen molar-refractivity contribution in [1.82, 2.24) is 9.78 Å². The van der Waals surface area contributed by atoms with Crippen LogP contribution in [0.5, 0.6) is 5.75 Å². The van der Waals surface area contributed by atoms with E-state index in [0.717, 1.165) is 46.4 Å². The van der Waals surface area contributed by atoms with Gasteiger partial charge in [0.15, 0.2) is 5.69 Å². The number of thiophene rings is 1. The number of ether oxygens (including phenoxy) is 2. The first kappa shape index (κ1) is 27.3. The number of anilines is 1. The number of aryl methyl sites for hydroxylation is 1. The number of nitro benzene ring substituents is 1. The molecule has 11 nitrogen and oxygen atoms in total. The fourth-order valence-corrected chi connectivity index (χ4v) is 4.51. The molecular formula is C24H17F3N4O7S. The molecule has 0 saturated carbocycles. The molecule has 2 heterocycles. The van der Waals surface area contributed by atoms with Gasteiger partial charge in [0.25, 0.3) is 17.2 Å². The largest absolute Gasteiger partial charge is 0.573 e. The number of halogens is 3. The van der Waals surface area contributed by atoms with Gasteiger partial charge in [-0.3, -0.25) is 19.7 Å². The minimum absolute atomic E-state index is 0.000362. The Morgan fingerprint density at radius 3 is 2.49 bits per heavy atom. The van der Waals surface area contributed by atoms with Gasteiger partial charge >= 0.3 is 12.3 Å². The van der Waals surface area contributed by atoms with E-state index >= 15 is 0 Å². The van der Waals surface area contributed by atoms with E-state index in [4.69, 9.17) is 4.74 Å². The summed E-state index contributed by atoms with van der Waals surface area (Å²) in [4.78, 5) is 49.7. The zero-order valence-corrected chi connectivity index (χ0v) is 20.9. The van der Waals surface area contributed by atoms with Crippen LogP contribution in [-0.2, 0) is 4.74 Å². The minimum Gasteiger partial charge on any atom is -0.461 e.